The summed E-state index contributed by atoms with van der Waals surface area (Å²) < 4.78 is 12.2. The molecular weight excluding hydrogens is 324 g/mol. The highest BCUT2D eigenvalue weighted by Crippen LogP contribution is 2.26. The Balaban J connectivity index is 1.46. The second-order valence-electron chi connectivity index (χ2n) is 7.17. The van der Waals surface area contributed by atoms with Gasteiger partial charge in [-0.1, -0.05) is 30.3 Å². The van der Waals surface area contributed by atoms with E-state index in [0.717, 1.165) is 43.1 Å². The summed E-state index contributed by atoms with van der Waals surface area (Å²) in [6.07, 6.45) is 2.43. The van der Waals surface area contributed by atoms with Crippen LogP contribution in [0.15, 0.2) is 54.6 Å². The van der Waals surface area contributed by atoms with Gasteiger partial charge in [0, 0.05) is 33.2 Å². The zero-order valence-corrected chi connectivity index (χ0v) is 16.1. The van der Waals surface area contributed by atoms with Crippen molar-refractivity contribution in [3.63, 3.8) is 0 Å². The van der Waals surface area contributed by atoms with Crippen LogP contribution in [0, 0.1) is 0 Å². The number of hydrogen-bond acceptors (Lipinski definition) is 4. The van der Waals surface area contributed by atoms with Gasteiger partial charge in [0.25, 0.3) is 0 Å². The summed E-state index contributed by atoms with van der Waals surface area (Å²) in [5.41, 5.74) is 1.12. The molecule has 26 heavy (non-hydrogen) atoms. The van der Waals surface area contributed by atoms with Crippen molar-refractivity contribution >= 4 is 5.69 Å². The van der Waals surface area contributed by atoms with E-state index in [1.165, 1.54) is 0 Å². The van der Waals surface area contributed by atoms with E-state index in [9.17, 15) is 0 Å². The second-order valence-corrected chi connectivity index (χ2v) is 7.17. The zero-order valence-electron chi connectivity index (χ0n) is 16.1. The van der Waals surface area contributed by atoms with Crippen LogP contribution < -0.4 is 14.4 Å². The van der Waals surface area contributed by atoms with Crippen LogP contribution in [0.5, 0.6) is 11.5 Å². The second kappa shape index (κ2) is 8.95. The van der Waals surface area contributed by atoms with Crippen molar-refractivity contribution in [1.29, 1.82) is 0 Å². The normalized spacial score (nSPS) is 20.6. The number of nitrogens with zero attached hydrogens (tertiary/aromatic N) is 2. The van der Waals surface area contributed by atoms with Gasteiger partial charge in [-0.25, -0.2) is 0 Å². The Kier molecular flexibility index (Phi) is 6.40. The van der Waals surface area contributed by atoms with Crippen LogP contribution in [0.1, 0.15) is 19.8 Å². The van der Waals surface area contributed by atoms with Crippen molar-refractivity contribution in [2.75, 3.05) is 38.7 Å². The average Bonchev–Trinajstić information content (AvgIpc) is 2.64. The van der Waals surface area contributed by atoms with Crippen LogP contribution in [-0.2, 0) is 0 Å². The van der Waals surface area contributed by atoms with E-state index in [2.05, 4.69) is 22.8 Å². The van der Waals surface area contributed by atoms with Crippen LogP contribution in [0.2, 0.25) is 0 Å². The summed E-state index contributed by atoms with van der Waals surface area (Å²) in [5.74, 6) is 1.93. The van der Waals surface area contributed by atoms with Crippen molar-refractivity contribution in [2.45, 2.75) is 31.9 Å². The summed E-state index contributed by atoms with van der Waals surface area (Å²) in [5, 5.41) is 0. The van der Waals surface area contributed by atoms with Crippen molar-refractivity contribution in [1.82, 2.24) is 4.90 Å². The first-order valence-electron chi connectivity index (χ1n) is 9.48. The molecule has 2 atom stereocenters. The fraction of sp³-hybridized carbons (Fsp3) is 0.455. The summed E-state index contributed by atoms with van der Waals surface area (Å²) in [6.45, 7) is 4.99. The van der Waals surface area contributed by atoms with E-state index >= 15 is 0 Å². The molecule has 1 aliphatic heterocycles. The number of piperidine rings is 1. The number of likely N-dealkylation sites (tertiary alicyclic amines) is 1. The molecule has 0 radical (unpaired) electrons. The maximum absolute atomic E-state index is 6.13. The van der Waals surface area contributed by atoms with Gasteiger partial charge in [-0.15, -0.1) is 0 Å². The monoisotopic (exact) mass is 354 g/mol. The SMILES string of the molecule is CC1CC(Oc2ccccc2)CCN1CCOc1ccccc1N(C)C. The molecule has 2 aromatic carbocycles. The van der Waals surface area contributed by atoms with Crippen LogP contribution in [-0.4, -0.2) is 50.8 Å². The lowest BCUT2D eigenvalue weighted by atomic mass is 10.0. The van der Waals surface area contributed by atoms with Crippen LogP contribution in [0.25, 0.3) is 0 Å². The van der Waals surface area contributed by atoms with Gasteiger partial charge in [-0.2, -0.15) is 0 Å². The molecule has 2 unspecified atom stereocenters. The number of hydrogen-bond donors (Lipinski definition) is 0. The highest BCUT2D eigenvalue weighted by Gasteiger charge is 2.26. The molecule has 4 nitrogen and oxygen atoms in total. The summed E-state index contributed by atoms with van der Waals surface area (Å²) >= 11 is 0. The maximum atomic E-state index is 6.13. The fourth-order valence-corrected chi connectivity index (χ4v) is 3.53. The van der Waals surface area contributed by atoms with Gasteiger partial charge < -0.3 is 14.4 Å². The molecule has 0 N–H and O–H groups in total. The van der Waals surface area contributed by atoms with E-state index in [1.54, 1.807) is 0 Å². The molecule has 3 rings (SSSR count). The Bertz CT molecular complexity index is 675. The highest BCUT2D eigenvalue weighted by atomic mass is 16.5. The van der Waals surface area contributed by atoms with Gasteiger partial charge in [-0.05, 0) is 44.0 Å². The minimum atomic E-state index is 0.305. The van der Waals surface area contributed by atoms with Gasteiger partial charge in [-0.3, -0.25) is 4.90 Å². The molecule has 0 spiro atoms. The molecule has 1 fully saturated rings. The Labute approximate surface area is 157 Å². The third-order valence-electron chi connectivity index (χ3n) is 4.99. The van der Waals surface area contributed by atoms with Crippen LogP contribution in [0.3, 0.4) is 0 Å². The van der Waals surface area contributed by atoms with Crippen LogP contribution >= 0.6 is 0 Å². The first-order chi connectivity index (χ1) is 12.6. The maximum Gasteiger partial charge on any atom is 0.142 e. The Morgan fingerprint density at radius 3 is 2.50 bits per heavy atom. The predicted octanol–water partition coefficient (Wildman–Crippen LogP) is 4.06. The first-order valence-corrected chi connectivity index (χ1v) is 9.48. The molecule has 0 amide bonds. The molecule has 0 bridgehead atoms. The minimum Gasteiger partial charge on any atom is -0.490 e. The molecule has 0 aliphatic carbocycles. The van der Waals surface area contributed by atoms with Crippen molar-refractivity contribution < 1.29 is 9.47 Å². The van der Waals surface area contributed by atoms with E-state index in [1.807, 2.05) is 62.6 Å². The molecule has 1 aliphatic rings. The van der Waals surface area contributed by atoms with Crippen molar-refractivity contribution in [3.05, 3.63) is 54.6 Å². The third kappa shape index (κ3) is 4.92. The van der Waals surface area contributed by atoms with Gasteiger partial charge in [0.05, 0.1) is 5.69 Å². The zero-order chi connectivity index (χ0) is 18.4. The van der Waals surface area contributed by atoms with Crippen molar-refractivity contribution in [2.24, 2.45) is 0 Å². The Morgan fingerprint density at radius 1 is 1.04 bits per heavy atom. The first kappa shape index (κ1) is 18.6. The lowest BCUT2D eigenvalue weighted by Gasteiger charge is -2.37. The number of ether oxygens (including phenoxy) is 2. The number of rotatable bonds is 7. The number of anilines is 1. The summed E-state index contributed by atoms with van der Waals surface area (Å²) in [6, 6.07) is 18.8. The van der Waals surface area contributed by atoms with E-state index in [0.29, 0.717) is 18.8 Å². The number of benzene rings is 2. The van der Waals surface area contributed by atoms with Gasteiger partial charge in [0.1, 0.15) is 24.2 Å². The highest BCUT2D eigenvalue weighted by molar-refractivity contribution is 5.57. The summed E-state index contributed by atoms with van der Waals surface area (Å²) in [7, 11) is 4.09. The molecule has 0 aromatic heterocycles. The van der Waals surface area contributed by atoms with Crippen LogP contribution in [0.4, 0.5) is 5.69 Å². The molecule has 1 saturated heterocycles. The lowest BCUT2D eigenvalue weighted by molar-refractivity contribution is 0.0549. The predicted molar refractivity (Wildman–Crippen MR) is 107 cm³/mol. The topological polar surface area (TPSA) is 24.9 Å². The number of para-hydroxylation sites is 3. The largest absolute Gasteiger partial charge is 0.490 e. The molecule has 1 heterocycles. The van der Waals surface area contributed by atoms with Crippen molar-refractivity contribution in [3.8, 4) is 11.5 Å². The van der Waals surface area contributed by atoms with E-state index < -0.39 is 0 Å². The fourth-order valence-electron chi connectivity index (χ4n) is 3.53. The standard InChI is InChI=1S/C22H30N2O2/c1-18-17-20(26-19-9-5-4-6-10-19)13-14-24(18)15-16-25-22-12-8-7-11-21(22)23(2)3/h4-12,18,20H,13-17H2,1-3H3. The summed E-state index contributed by atoms with van der Waals surface area (Å²) in [4.78, 5) is 4.59. The molecule has 0 saturated carbocycles. The average molecular weight is 354 g/mol. The molecular formula is C22H30N2O2. The Morgan fingerprint density at radius 2 is 1.77 bits per heavy atom. The lowest BCUT2D eigenvalue weighted by Crippen LogP contribution is -2.45. The smallest absolute Gasteiger partial charge is 0.142 e. The van der Waals surface area contributed by atoms with E-state index in [-0.39, 0.29) is 0 Å². The molecule has 140 valence electrons. The molecule has 2 aromatic rings. The third-order valence-corrected chi connectivity index (χ3v) is 4.99. The quantitative estimate of drug-likeness (QED) is 0.748. The van der Waals surface area contributed by atoms with Gasteiger partial charge in [0.15, 0.2) is 0 Å². The minimum absolute atomic E-state index is 0.305. The molecule has 4 heteroatoms. The Hall–Kier alpha value is -2.20. The van der Waals surface area contributed by atoms with Gasteiger partial charge >= 0.3 is 0 Å². The van der Waals surface area contributed by atoms with E-state index in [4.69, 9.17) is 9.47 Å². The van der Waals surface area contributed by atoms with Gasteiger partial charge in [0.2, 0.25) is 0 Å².